The van der Waals surface area contributed by atoms with Crippen molar-refractivity contribution in [3.8, 4) is 0 Å². The van der Waals surface area contributed by atoms with Crippen molar-refractivity contribution < 1.29 is 28.5 Å². The van der Waals surface area contributed by atoms with Crippen LogP contribution >= 0.6 is 35.0 Å². The predicted octanol–water partition coefficient (Wildman–Crippen LogP) is 1.80. The molecule has 0 aromatic heterocycles. The third-order valence-electron chi connectivity index (χ3n) is 5.53. The summed E-state index contributed by atoms with van der Waals surface area (Å²) in [7, 11) is 0.423. The topological polar surface area (TPSA) is 114 Å². The van der Waals surface area contributed by atoms with Crippen molar-refractivity contribution in [2.75, 3.05) is 25.1 Å². The standard InChI is InChI=1S/C21H26BCl2N3O6S/c1-11(2)6-17(22-32-20(30)15-9-34-10-16(27(15)3)21(31)33-22)26-18(28)8-25-19(29)13-7-12(23)4-5-14(13)24/h4-5,7,11,15-17H,6,8-10H2,1-3H3,(H,25,29)(H,26,28)/t15-,16-,17+/m1/s1. The van der Waals surface area contributed by atoms with Gasteiger partial charge in [0.05, 0.1) is 23.1 Å². The Morgan fingerprint density at radius 2 is 1.79 bits per heavy atom. The lowest BCUT2D eigenvalue weighted by atomic mass is 9.73. The zero-order valence-electron chi connectivity index (χ0n) is 19.0. The Hall–Kier alpha value is -1.95. The molecule has 13 heteroatoms. The molecule has 2 N–H and O–H groups in total. The minimum Gasteiger partial charge on any atom is -0.497 e. The molecule has 2 bridgehead atoms. The smallest absolute Gasteiger partial charge is 0.497 e. The lowest BCUT2D eigenvalue weighted by Gasteiger charge is -2.40. The number of halogens is 2. The summed E-state index contributed by atoms with van der Waals surface area (Å²) in [5.74, 6) is -1.82. The maximum atomic E-state index is 12.8. The highest BCUT2D eigenvalue weighted by atomic mass is 35.5. The van der Waals surface area contributed by atoms with Crippen LogP contribution in [0, 0.1) is 5.92 Å². The van der Waals surface area contributed by atoms with Gasteiger partial charge in [0.2, 0.25) is 5.91 Å². The van der Waals surface area contributed by atoms with Crippen LogP contribution in [0.3, 0.4) is 0 Å². The maximum absolute atomic E-state index is 12.8. The molecular formula is C21H26BCl2N3O6S. The number of nitrogens with zero attached hydrogens (tertiary/aromatic N) is 1. The van der Waals surface area contributed by atoms with Gasteiger partial charge in [0, 0.05) is 16.5 Å². The second kappa shape index (κ2) is 11.7. The maximum Gasteiger partial charge on any atom is 0.622 e. The zero-order chi connectivity index (χ0) is 25.0. The van der Waals surface area contributed by atoms with Crippen LogP contribution in [0.4, 0.5) is 0 Å². The van der Waals surface area contributed by atoms with Crippen molar-refractivity contribution in [3.05, 3.63) is 33.8 Å². The van der Waals surface area contributed by atoms with Gasteiger partial charge in [-0.1, -0.05) is 37.0 Å². The summed E-state index contributed by atoms with van der Waals surface area (Å²) in [6.07, 6.45) is 0.380. The number of benzene rings is 1. The summed E-state index contributed by atoms with van der Waals surface area (Å²) >= 11 is 13.4. The fourth-order valence-electron chi connectivity index (χ4n) is 3.72. The van der Waals surface area contributed by atoms with Crippen molar-refractivity contribution in [3.63, 3.8) is 0 Å². The quantitative estimate of drug-likeness (QED) is 0.514. The highest BCUT2D eigenvalue weighted by Crippen LogP contribution is 2.26. The summed E-state index contributed by atoms with van der Waals surface area (Å²) < 4.78 is 11.1. The number of carbonyl (C=O) groups excluding carboxylic acids is 4. The number of rotatable bonds is 7. The van der Waals surface area contributed by atoms with Crippen molar-refractivity contribution >= 4 is 65.8 Å². The summed E-state index contributed by atoms with van der Waals surface area (Å²) in [6.45, 7) is 3.48. The number of fused-ring (bicyclic) bond motifs is 2. The monoisotopic (exact) mass is 529 g/mol. The molecule has 184 valence electrons. The molecule has 3 atom stereocenters. The second-order valence-electron chi connectivity index (χ2n) is 8.59. The summed E-state index contributed by atoms with van der Waals surface area (Å²) in [5, 5.41) is 5.75. The number of hydrogen-bond donors (Lipinski definition) is 2. The molecule has 9 nitrogen and oxygen atoms in total. The summed E-state index contributed by atoms with van der Waals surface area (Å²) in [4.78, 5) is 52.2. The van der Waals surface area contributed by atoms with E-state index in [1.165, 1.54) is 23.9 Å². The molecule has 0 aliphatic carbocycles. The number of amides is 2. The van der Waals surface area contributed by atoms with Crippen LogP contribution in [0.15, 0.2) is 18.2 Å². The molecule has 0 spiro atoms. The normalized spacial score (nSPS) is 21.8. The number of thioether (sulfide) groups is 1. The largest absolute Gasteiger partial charge is 0.622 e. The average molecular weight is 530 g/mol. The van der Waals surface area contributed by atoms with E-state index >= 15 is 0 Å². The summed E-state index contributed by atoms with van der Waals surface area (Å²) in [5.41, 5.74) is 0.136. The molecule has 2 aliphatic heterocycles. The second-order valence-corrected chi connectivity index (χ2v) is 10.5. The molecule has 2 amide bonds. The SMILES string of the molecule is CC(C)C[C@H](NC(=O)CNC(=O)c1cc(Cl)ccc1Cl)B1OC(=O)[C@H]2CSC[C@H](C(=O)O1)N2C. The van der Waals surface area contributed by atoms with Gasteiger partial charge in [-0.05, 0) is 37.6 Å². The van der Waals surface area contributed by atoms with Crippen LogP contribution in [-0.4, -0.2) is 78.9 Å². The first-order valence-electron chi connectivity index (χ1n) is 10.8. The third kappa shape index (κ3) is 6.59. The number of hydrogen-bond acceptors (Lipinski definition) is 8. The van der Waals surface area contributed by atoms with Crippen molar-refractivity contribution in [2.45, 2.75) is 38.3 Å². The molecule has 1 aromatic carbocycles. The van der Waals surface area contributed by atoms with E-state index in [0.717, 1.165) is 0 Å². The Labute approximate surface area is 212 Å². The molecule has 34 heavy (non-hydrogen) atoms. The van der Waals surface area contributed by atoms with E-state index in [1.807, 2.05) is 13.8 Å². The Balaban J connectivity index is 1.68. The van der Waals surface area contributed by atoms with E-state index in [-0.39, 0.29) is 23.0 Å². The van der Waals surface area contributed by atoms with Crippen LogP contribution in [0.2, 0.25) is 10.0 Å². The highest BCUT2D eigenvalue weighted by Gasteiger charge is 2.48. The Morgan fingerprint density at radius 1 is 1.18 bits per heavy atom. The van der Waals surface area contributed by atoms with E-state index in [0.29, 0.717) is 22.9 Å². The van der Waals surface area contributed by atoms with Gasteiger partial charge >= 0.3 is 19.1 Å². The molecule has 2 saturated heterocycles. The molecule has 0 unspecified atom stereocenters. The Kier molecular flexibility index (Phi) is 9.14. The average Bonchev–Trinajstić information content (AvgIpc) is 2.77. The minimum atomic E-state index is -1.27. The molecule has 3 rings (SSSR count). The van der Waals surface area contributed by atoms with Crippen LogP contribution in [0.5, 0.6) is 0 Å². The van der Waals surface area contributed by atoms with Crippen molar-refractivity contribution in [1.82, 2.24) is 15.5 Å². The van der Waals surface area contributed by atoms with Gasteiger partial charge in [-0.3, -0.25) is 24.1 Å². The first-order chi connectivity index (χ1) is 16.1. The molecule has 0 saturated carbocycles. The zero-order valence-corrected chi connectivity index (χ0v) is 21.3. The first kappa shape index (κ1) is 26.7. The number of likely N-dealkylation sites (N-methyl/N-ethyl adjacent to an activating group) is 1. The number of nitrogens with one attached hydrogen (secondary N) is 2. The third-order valence-corrected chi connectivity index (χ3v) is 7.19. The molecule has 2 fully saturated rings. The van der Waals surface area contributed by atoms with Gasteiger partial charge in [-0.2, -0.15) is 11.8 Å². The fraction of sp³-hybridized carbons (Fsp3) is 0.524. The molecule has 0 radical (unpaired) electrons. The highest BCUT2D eigenvalue weighted by molar-refractivity contribution is 7.99. The van der Waals surface area contributed by atoms with Crippen LogP contribution in [0.1, 0.15) is 30.6 Å². The van der Waals surface area contributed by atoms with Gasteiger partial charge in [0.25, 0.3) is 5.91 Å². The fourth-order valence-corrected chi connectivity index (χ4v) is 5.42. The molecule has 2 heterocycles. The van der Waals surface area contributed by atoms with Gasteiger partial charge in [-0.25, -0.2) is 0 Å². The van der Waals surface area contributed by atoms with Crippen molar-refractivity contribution in [1.29, 1.82) is 0 Å². The van der Waals surface area contributed by atoms with E-state index in [9.17, 15) is 19.2 Å². The van der Waals surface area contributed by atoms with E-state index in [4.69, 9.17) is 32.5 Å². The Bertz CT molecular complexity index is 942. The molecule has 1 aromatic rings. The van der Waals surface area contributed by atoms with E-state index in [1.54, 1.807) is 18.0 Å². The predicted molar refractivity (Wildman–Crippen MR) is 131 cm³/mol. The van der Waals surface area contributed by atoms with Gasteiger partial charge < -0.3 is 19.9 Å². The Morgan fingerprint density at radius 3 is 2.38 bits per heavy atom. The summed E-state index contributed by atoms with van der Waals surface area (Å²) in [6, 6.07) is 3.29. The van der Waals surface area contributed by atoms with Crippen LogP contribution in [-0.2, 0) is 23.7 Å². The van der Waals surface area contributed by atoms with Crippen LogP contribution < -0.4 is 10.6 Å². The molecular weight excluding hydrogens is 504 g/mol. The van der Waals surface area contributed by atoms with E-state index in [2.05, 4.69) is 10.6 Å². The van der Waals surface area contributed by atoms with Gasteiger partial charge in [0.15, 0.2) is 0 Å². The van der Waals surface area contributed by atoms with Gasteiger partial charge in [0.1, 0.15) is 12.1 Å². The first-order valence-corrected chi connectivity index (χ1v) is 12.7. The minimum absolute atomic E-state index is 0.0886. The van der Waals surface area contributed by atoms with Crippen LogP contribution in [0.25, 0.3) is 0 Å². The van der Waals surface area contributed by atoms with Gasteiger partial charge in [-0.15, -0.1) is 0 Å². The molecule has 2 aliphatic rings. The number of carbonyl (C=O) groups is 4. The van der Waals surface area contributed by atoms with E-state index < -0.39 is 48.9 Å². The lowest BCUT2D eigenvalue weighted by molar-refractivity contribution is -0.153. The van der Waals surface area contributed by atoms with Crippen molar-refractivity contribution in [2.24, 2.45) is 5.92 Å². The lowest BCUT2D eigenvalue weighted by Crippen LogP contribution is -2.62.